The van der Waals surface area contributed by atoms with E-state index in [1.165, 1.54) is 0 Å². The van der Waals surface area contributed by atoms with E-state index in [1.807, 2.05) is 4.90 Å². The first-order chi connectivity index (χ1) is 12.0. The van der Waals surface area contributed by atoms with Crippen LogP contribution in [0, 0.1) is 5.82 Å². The summed E-state index contributed by atoms with van der Waals surface area (Å²) in [5.41, 5.74) is -0.556. The van der Waals surface area contributed by atoms with Crippen molar-refractivity contribution in [3.63, 3.8) is 0 Å². The van der Waals surface area contributed by atoms with Crippen LogP contribution < -0.4 is 4.90 Å². The molecule has 25 heavy (non-hydrogen) atoms. The topological polar surface area (TPSA) is 71.0 Å². The monoisotopic (exact) mass is 353 g/mol. The normalized spacial score (nSPS) is 25.0. The minimum atomic E-state index is -0.556. The van der Waals surface area contributed by atoms with Crippen LogP contribution in [0.3, 0.4) is 0 Å². The molecule has 0 bridgehead atoms. The molecule has 138 valence electrons. The number of nitrogens with zero attached hydrogens (tertiary/aromatic N) is 5. The molecule has 1 spiro atoms. The highest BCUT2D eigenvalue weighted by Crippen LogP contribution is 2.24. The Balaban J connectivity index is 1.71. The Labute approximate surface area is 146 Å². The van der Waals surface area contributed by atoms with Gasteiger partial charge in [-0.3, -0.25) is 9.69 Å². The second-order valence-electron chi connectivity index (χ2n) is 6.71. The van der Waals surface area contributed by atoms with E-state index in [4.69, 9.17) is 9.47 Å². The highest BCUT2D eigenvalue weighted by atomic mass is 19.1. The second-order valence-corrected chi connectivity index (χ2v) is 6.71. The number of rotatable bonds is 3. The van der Waals surface area contributed by atoms with Crippen LogP contribution in [-0.4, -0.2) is 97.9 Å². The van der Waals surface area contributed by atoms with Gasteiger partial charge in [0.25, 0.3) is 0 Å². The van der Waals surface area contributed by atoms with Gasteiger partial charge in [-0.25, -0.2) is 14.4 Å². The largest absolute Gasteiger partial charge is 0.377 e. The highest BCUT2D eigenvalue weighted by molar-refractivity contribution is 5.77. The van der Waals surface area contributed by atoms with Crippen molar-refractivity contribution in [2.75, 3.05) is 71.5 Å². The lowest BCUT2D eigenvalue weighted by atomic mass is 10.0. The molecule has 1 aromatic heterocycles. The van der Waals surface area contributed by atoms with Gasteiger partial charge in [0.05, 0.1) is 45.3 Å². The number of morpholine rings is 1. The van der Waals surface area contributed by atoms with Gasteiger partial charge in [0.1, 0.15) is 5.60 Å². The summed E-state index contributed by atoms with van der Waals surface area (Å²) in [5.74, 6) is 0.0636. The first-order valence-electron chi connectivity index (χ1n) is 8.34. The van der Waals surface area contributed by atoms with Crippen molar-refractivity contribution in [3.05, 3.63) is 18.2 Å². The lowest BCUT2D eigenvalue weighted by Gasteiger charge is -2.43. The van der Waals surface area contributed by atoms with Crippen molar-refractivity contribution >= 4 is 11.9 Å². The average molecular weight is 353 g/mol. The summed E-state index contributed by atoms with van der Waals surface area (Å²) in [4.78, 5) is 25.8. The average Bonchev–Trinajstić information content (AvgIpc) is 2.77. The molecule has 3 heterocycles. The van der Waals surface area contributed by atoms with Crippen molar-refractivity contribution in [2.24, 2.45) is 0 Å². The summed E-state index contributed by atoms with van der Waals surface area (Å²) in [6.07, 6.45) is 2.33. The van der Waals surface area contributed by atoms with Crippen LogP contribution in [0.1, 0.15) is 0 Å². The summed E-state index contributed by atoms with van der Waals surface area (Å²) in [6, 6.07) is 0. The summed E-state index contributed by atoms with van der Waals surface area (Å²) in [5, 5.41) is 0. The molecule has 1 aromatic rings. The molecule has 3 rings (SSSR count). The number of hydrogen-bond acceptors (Lipinski definition) is 7. The zero-order valence-corrected chi connectivity index (χ0v) is 14.7. The Kier molecular flexibility index (Phi) is 5.45. The van der Waals surface area contributed by atoms with E-state index in [1.54, 1.807) is 19.0 Å². The third-order valence-electron chi connectivity index (χ3n) is 4.42. The molecule has 2 saturated heterocycles. The maximum absolute atomic E-state index is 13.1. The molecule has 2 aliphatic rings. The van der Waals surface area contributed by atoms with Gasteiger partial charge in [-0.2, -0.15) is 0 Å². The molecule has 8 nitrogen and oxygen atoms in total. The minimum Gasteiger partial charge on any atom is -0.377 e. The molecule has 0 aliphatic carbocycles. The third kappa shape index (κ3) is 4.42. The molecular weight excluding hydrogens is 329 g/mol. The van der Waals surface area contributed by atoms with Crippen LogP contribution in [-0.2, 0) is 14.3 Å². The number of carbonyl (C=O) groups is 1. The van der Waals surface area contributed by atoms with E-state index in [9.17, 15) is 9.18 Å². The number of aromatic nitrogens is 2. The number of carbonyl (C=O) groups excluding carboxylic acids is 1. The molecule has 9 heteroatoms. The Morgan fingerprint density at radius 2 is 2.04 bits per heavy atom. The van der Waals surface area contributed by atoms with Gasteiger partial charge in [-0.05, 0) is 0 Å². The van der Waals surface area contributed by atoms with Crippen molar-refractivity contribution in [1.82, 2.24) is 19.8 Å². The second kappa shape index (κ2) is 7.59. The maximum atomic E-state index is 13.1. The zero-order valence-electron chi connectivity index (χ0n) is 14.7. The lowest BCUT2D eigenvalue weighted by Crippen LogP contribution is -2.59. The molecule has 1 atom stereocenters. The van der Waals surface area contributed by atoms with Gasteiger partial charge in [-0.15, -0.1) is 0 Å². The fraction of sp³-hybridized carbons (Fsp3) is 0.688. The Morgan fingerprint density at radius 3 is 2.76 bits per heavy atom. The summed E-state index contributed by atoms with van der Waals surface area (Å²) in [7, 11) is 3.49. The standard InChI is InChI=1S/C16H24FN5O3/c1-20(2)14(23)9-21-3-5-24-12-16(10-21)11-22(4-6-25-16)15-18-7-13(17)8-19-15/h7-8H,3-6,9-12H2,1-2H3. The lowest BCUT2D eigenvalue weighted by molar-refractivity contribution is -0.131. The quantitative estimate of drug-likeness (QED) is 0.733. The van der Waals surface area contributed by atoms with Crippen molar-refractivity contribution in [1.29, 1.82) is 0 Å². The number of anilines is 1. The summed E-state index contributed by atoms with van der Waals surface area (Å²) in [6.45, 7) is 4.25. The fourth-order valence-electron chi connectivity index (χ4n) is 3.12. The van der Waals surface area contributed by atoms with Crippen LogP contribution in [0.5, 0.6) is 0 Å². The molecule has 2 fully saturated rings. The maximum Gasteiger partial charge on any atom is 0.236 e. The number of halogens is 1. The van der Waals surface area contributed by atoms with Gasteiger partial charge < -0.3 is 19.3 Å². The van der Waals surface area contributed by atoms with E-state index < -0.39 is 11.4 Å². The van der Waals surface area contributed by atoms with Gasteiger partial charge in [0, 0.05) is 33.7 Å². The number of hydrogen-bond donors (Lipinski definition) is 0. The molecular formula is C16H24FN5O3. The van der Waals surface area contributed by atoms with Crippen LogP contribution >= 0.6 is 0 Å². The molecule has 2 aliphatic heterocycles. The van der Waals surface area contributed by atoms with Gasteiger partial charge >= 0.3 is 0 Å². The van der Waals surface area contributed by atoms with Crippen LogP contribution in [0.4, 0.5) is 10.3 Å². The van der Waals surface area contributed by atoms with Gasteiger partial charge in [0.15, 0.2) is 5.82 Å². The van der Waals surface area contributed by atoms with E-state index in [-0.39, 0.29) is 5.91 Å². The van der Waals surface area contributed by atoms with E-state index in [0.717, 1.165) is 12.4 Å². The first kappa shape index (κ1) is 18.0. The zero-order chi connectivity index (χ0) is 17.9. The van der Waals surface area contributed by atoms with Gasteiger partial charge in [-0.1, -0.05) is 0 Å². The SMILES string of the molecule is CN(C)C(=O)CN1CCOCC2(C1)CN(c1ncc(F)cn1)CCO2. The Hall–Kier alpha value is -1.84. The van der Waals surface area contributed by atoms with E-state index in [0.29, 0.717) is 58.5 Å². The van der Waals surface area contributed by atoms with E-state index >= 15 is 0 Å². The first-order valence-corrected chi connectivity index (χ1v) is 8.34. The number of ether oxygens (including phenoxy) is 2. The number of amides is 1. The van der Waals surface area contributed by atoms with Crippen LogP contribution in [0.15, 0.2) is 12.4 Å². The molecule has 0 aromatic carbocycles. The molecule has 0 saturated carbocycles. The Bertz CT molecular complexity index is 600. The highest BCUT2D eigenvalue weighted by Gasteiger charge is 2.41. The van der Waals surface area contributed by atoms with Crippen LogP contribution in [0.25, 0.3) is 0 Å². The van der Waals surface area contributed by atoms with Crippen LogP contribution in [0.2, 0.25) is 0 Å². The third-order valence-corrected chi connectivity index (χ3v) is 4.42. The minimum absolute atomic E-state index is 0.0478. The molecule has 1 unspecified atom stereocenters. The predicted molar refractivity (Wildman–Crippen MR) is 88.8 cm³/mol. The van der Waals surface area contributed by atoms with E-state index in [2.05, 4.69) is 14.9 Å². The molecule has 0 radical (unpaired) electrons. The molecule has 1 amide bonds. The van der Waals surface area contributed by atoms with Crippen molar-refractivity contribution < 1.29 is 18.7 Å². The smallest absolute Gasteiger partial charge is 0.236 e. The number of likely N-dealkylation sites (N-methyl/N-ethyl adjacent to an activating group) is 1. The Morgan fingerprint density at radius 1 is 1.28 bits per heavy atom. The summed E-state index contributed by atoms with van der Waals surface area (Å²) < 4.78 is 24.9. The summed E-state index contributed by atoms with van der Waals surface area (Å²) >= 11 is 0. The molecule has 0 N–H and O–H groups in total. The van der Waals surface area contributed by atoms with Gasteiger partial charge in [0.2, 0.25) is 11.9 Å². The predicted octanol–water partition coefficient (Wildman–Crippen LogP) is -0.388. The van der Waals surface area contributed by atoms with Crippen molar-refractivity contribution in [2.45, 2.75) is 5.60 Å². The fourth-order valence-corrected chi connectivity index (χ4v) is 3.12. The van der Waals surface area contributed by atoms with Crippen molar-refractivity contribution in [3.8, 4) is 0 Å².